The molecule has 0 saturated heterocycles. The Morgan fingerprint density at radius 3 is 2.24 bits per heavy atom. The third-order valence-corrected chi connectivity index (χ3v) is 4.73. The Morgan fingerprint density at radius 2 is 1.59 bits per heavy atom. The highest BCUT2D eigenvalue weighted by Gasteiger charge is 2.26. The Kier molecular flexibility index (Phi) is 4.68. The summed E-state index contributed by atoms with van der Waals surface area (Å²) in [5.74, 6) is 2.01. The number of phenolic OH excluding ortho intramolecular Hbond substituents is 2. The molecule has 2 N–H and O–H groups in total. The first-order valence-electron chi connectivity index (χ1n) is 8.93. The van der Waals surface area contributed by atoms with Gasteiger partial charge in [0.2, 0.25) is 0 Å². The molecular weight excluding hydrogens is 372 g/mol. The van der Waals surface area contributed by atoms with E-state index in [1.807, 2.05) is 6.07 Å². The molecule has 1 aliphatic heterocycles. The summed E-state index contributed by atoms with van der Waals surface area (Å²) in [5.41, 5.74) is 2.56. The van der Waals surface area contributed by atoms with Gasteiger partial charge in [-0.2, -0.15) is 0 Å². The molecule has 0 fully saturated rings. The van der Waals surface area contributed by atoms with Crippen molar-refractivity contribution in [1.29, 1.82) is 0 Å². The molecule has 0 amide bonds. The third-order valence-electron chi connectivity index (χ3n) is 4.73. The summed E-state index contributed by atoms with van der Waals surface area (Å²) >= 11 is 0. The lowest BCUT2D eigenvalue weighted by Crippen LogP contribution is -2.13. The number of methoxy groups -OCH3 is 2. The minimum Gasteiger partial charge on any atom is -0.508 e. The zero-order valence-electron chi connectivity index (χ0n) is 16.0. The van der Waals surface area contributed by atoms with E-state index in [4.69, 9.17) is 18.9 Å². The van der Waals surface area contributed by atoms with Crippen molar-refractivity contribution in [2.45, 2.75) is 6.29 Å². The van der Waals surface area contributed by atoms with Crippen molar-refractivity contribution in [3.63, 3.8) is 0 Å². The van der Waals surface area contributed by atoms with E-state index in [1.54, 1.807) is 48.5 Å². The number of ether oxygens (including phenoxy) is 4. The Bertz CT molecular complexity index is 1070. The second-order valence-corrected chi connectivity index (χ2v) is 6.43. The molecule has 0 spiro atoms. The first kappa shape index (κ1) is 18.6. The van der Waals surface area contributed by atoms with Crippen LogP contribution in [0, 0.1) is 0 Å². The number of rotatable bonds is 5. The lowest BCUT2D eigenvalue weighted by atomic mass is 9.96. The molecule has 3 aromatic carbocycles. The Labute approximate surface area is 168 Å². The second-order valence-electron chi connectivity index (χ2n) is 6.43. The minimum absolute atomic E-state index is 0.0611. The molecule has 148 valence electrons. The molecule has 0 radical (unpaired) electrons. The van der Waals surface area contributed by atoms with Gasteiger partial charge in [-0.1, -0.05) is 24.8 Å². The van der Waals surface area contributed by atoms with Crippen LogP contribution in [0.5, 0.6) is 34.5 Å². The average molecular weight is 392 g/mol. The lowest BCUT2D eigenvalue weighted by Gasteiger charge is -2.18. The van der Waals surface area contributed by atoms with E-state index >= 15 is 0 Å². The fourth-order valence-corrected chi connectivity index (χ4v) is 3.35. The topological polar surface area (TPSA) is 77.4 Å². The molecule has 0 aliphatic carbocycles. The van der Waals surface area contributed by atoms with Gasteiger partial charge in [0.05, 0.1) is 19.8 Å². The van der Waals surface area contributed by atoms with Crippen LogP contribution in [-0.2, 0) is 0 Å². The van der Waals surface area contributed by atoms with Gasteiger partial charge < -0.3 is 29.2 Å². The summed E-state index contributed by atoms with van der Waals surface area (Å²) < 4.78 is 22.3. The molecule has 1 atom stereocenters. The van der Waals surface area contributed by atoms with Crippen molar-refractivity contribution < 1.29 is 29.2 Å². The summed E-state index contributed by atoms with van der Waals surface area (Å²) in [4.78, 5) is 0. The summed E-state index contributed by atoms with van der Waals surface area (Å²) in [6.07, 6.45) is 1.02. The van der Waals surface area contributed by atoms with Crippen LogP contribution in [0.3, 0.4) is 0 Å². The van der Waals surface area contributed by atoms with Crippen molar-refractivity contribution in [3.8, 4) is 56.8 Å². The minimum atomic E-state index is -0.540. The predicted octanol–water partition coefficient (Wildman–Crippen LogP) is 4.73. The van der Waals surface area contributed by atoms with Gasteiger partial charge in [0.15, 0.2) is 23.0 Å². The van der Waals surface area contributed by atoms with E-state index in [9.17, 15) is 10.2 Å². The number of benzene rings is 3. The van der Waals surface area contributed by atoms with Gasteiger partial charge in [0.25, 0.3) is 6.29 Å². The van der Waals surface area contributed by atoms with Crippen molar-refractivity contribution in [2.24, 2.45) is 0 Å². The highest BCUT2D eigenvalue weighted by Crippen LogP contribution is 2.51. The van der Waals surface area contributed by atoms with E-state index in [1.165, 1.54) is 14.2 Å². The quantitative estimate of drug-likeness (QED) is 0.611. The maximum Gasteiger partial charge on any atom is 0.260 e. The van der Waals surface area contributed by atoms with Crippen molar-refractivity contribution >= 4 is 0 Å². The highest BCUT2D eigenvalue weighted by atomic mass is 16.7. The Hall–Kier alpha value is -3.80. The zero-order chi connectivity index (χ0) is 20.5. The van der Waals surface area contributed by atoms with Crippen LogP contribution in [0.2, 0.25) is 0 Å². The molecule has 3 aromatic rings. The summed E-state index contributed by atoms with van der Waals surface area (Å²) in [6, 6.07) is 13.8. The molecule has 0 aromatic heterocycles. The summed E-state index contributed by atoms with van der Waals surface area (Å²) in [7, 11) is 3.02. The predicted molar refractivity (Wildman–Crippen MR) is 109 cm³/mol. The number of fused-ring (bicyclic) bond motifs is 1. The lowest BCUT2D eigenvalue weighted by molar-refractivity contribution is 0.0955. The fourth-order valence-electron chi connectivity index (χ4n) is 3.35. The standard InChI is InChI=1S/C23H20O6/c1-4-20-28-17-10-7-14(11-18(17)29-20)21-19(26-2)12-16(23(27-3)22(21)25)13-5-8-15(24)9-6-13/h4-12,20,24-25H,1H2,2-3H3. The van der Waals surface area contributed by atoms with Crippen molar-refractivity contribution in [2.75, 3.05) is 14.2 Å². The third kappa shape index (κ3) is 3.18. The normalized spacial score (nSPS) is 14.5. The van der Waals surface area contributed by atoms with Crippen LogP contribution >= 0.6 is 0 Å². The van der Waals surface area contributed by atoms with Gasteiger partial charge >= 0.3 is 0 Å². The van der Waals surface area contributed by atoms with Gasteiger partial charge in [-0.3, -0.25) is 0 Å². The first-order chi connectivity index (χ1) is 14.0. The number of phenols is 2. The van der Waals surface area contributed by atoms with Crippen LogP contribution in [0.1, 0.15) is 0 Å². The largest absolute Gasteiger partial charge is 0.508 e. The van der Waals surface area contributed by atoms with Crippen LogP contribution in [0.4, 0.5) is 0 Å². The monoisotopic (exact) mass is 392 g/mol. The highest BCUT2D eigenvalue weighted by molar-refractivity contribution is 5.88. The molecule has 1 unspecified atom stereocenters. The molecule has 0 saturated carbocycles. The van der Waals surface area contributed by atoms with Gasteiger partial charge in [0.1, 0.15) is 11.5 Å². The molecule has 6 nitrogen and oxygen atoms in total. The van der Waals surface area contributed by atoms with Crippen LogP contribution in [0.15, 0.2) is 61.2 Å². The van der Waals surface area contributed by atoms with E-state index in [2.05, 4.69) is 6.58 Å². The molecule has 29 heavy (non-hydrogen) atoms. The van der Waals surface area contributed by atoms with Gasteiger partial charge in [0, 0.05) is 5.56 Å². The number of hydrogen-bond donors (Lipinski definition) is 2. The summed E-state index contributed by atoms with van der Waals surface area (Å²) in [5, 5.41) is 20.6. The first-order valence-corrected chi connectivity index (χ1v) is 8.93. The fraction of sp³-hybridized carbons (Fsp3) is 0.130. The van der Waals surface area contributed by atoms with E-state index in [0.717, 1.165) is 5.56 Å². The van der Waals surface area contributed by atoms with Crippen molar-refractivity contribution in [3.05, 3.63) is 61.2 Å². The molecule has 0 bridgehead atoms. The van der Waals surface area contributed by atoms with E-state index in [-0.39, 0.29) is 11.5 Å². The van der Waals surface area contributed by atoms with Crippen LogP contribution < -0.4 is 18.9 Å². The van der Waals surface area contributed by atoms with Crippen LogP contribution in [0.25, 0.3) is 22.3 Å². The van der Waals surface area contributed by atoms with Gasteiger partial charge in [-0.25, -0.2) is 0 Å². The van der Waals surface area contributed by atoms with Gasteiger partial charge in [-0.05, 0) is 47.5 Å². The second kappa shape index (κ2) is 7.31. The maximum atomic E-state index is 11.1. The average Bonchev–Trinajstić information content (AvgIpc) is 3.16. The Morgan fingerprint density at radius 1 is 0.897 bits per heavy atom. The van der Waals surface area contributed by atoms with Crippen molar-refractivity contribution in [1.82, 2.24) is 0 Å². The molecule has 4 rings (SSSR count). The smallest absolute Gasteiger partial charge is 0.260 e. The maximum absolute atomic E-state index is 11.1. The number of aromatic hydroxyl groups is 2. The SMILES string of the molecule is C=CC1Oc2ccc(-c3c(OC)cc(-c4ccc(O)cc4)c(OC)c3O)cc2O1. The molecule has 6 heteroatoms. The molecule has 1 aliphatic rings. The van der Waals surface area contributed by atoms with E-state index in [0.29, 0.717) is 39.7 Å². The van der Waals surface area contributed by atoms with E-state index < -0.39 is 6.29 Å². The molecule has 1 heterocycles. The zero-order valence-corrected chi connectivity index (χ0v) is 16.0. The van der Waals surface area contributed by atoms with Crippen LogP contribution in [-0.4, -0.2) is 30.7 Å². The number of hydrogen-bond acceptors (Lipinski definition) is 6. The summed E-state index contributed by atoms with van der Waals surface area (Å²) in [6.45, 7) is 3.67. The van der Waals surface area contributed by atoms with Gasteiger partial charge in [-0.15, -0.1) is 0 Å². The Balaban J connectivity index is 1.87. The molecular formula is C23H20O6.